The lowest BCUT2D eigenvalue weighted by Gasteiger charge is -2.43. The average molecular weight is 405 g/mol. The van der Waals surface area contributed by atoms with Crippen molar-refractivity contribution in [2.75, 3.05) is 49.1 Å². The molecule has 9 nitrogen and oxygen atoms in total. The van der Waals surface area contributed by atoms with E-state index in [4.69, 9.17) is 0 Å². The first-order valence-electron chi connectivity index (χ1n) is 10.1. The van der Waals surface area contributed by atoms with Crippen LogP contribution in [0.25, 0.3) is 5.82 Å². The Hall–Kier alpha value is -3.62. The first-order valence-corrected chi connectivity index (χ1v) is 10.1. The zero-order valence-corrected chi connectivity index (χ0v) is 16.5. The number of rotatable bonds is 4. The molecule has 1 N–H and O–H groups in total. The number of phenols is 1. The molecule has 5 rings (SSSR count). The van der Waals surface area contributed by atoms with Crippen molar-refractivity contribution in [3.63, 3.8) is 0 Å². The summed E-state index contributed by atoms with van der Waals surface area (Å²) in [7, 11) is 0. The van der Waals surface area contributed by atoms with Gasteiger partial charge in [-0.15, -0.1) is 0 Å². The van der Waals surface area contributed by atoms with E-state index in [1.54, 1.807) is 23.0 Å². The molecule has 1 aromatic carbocycles. The zero-order chi connectivity index (χ0) is 20.5. The lowest BCUT2D eigenvalue weighted by Crippen LogP contribution is -2.58. The van der Waals surface area contributed by atoms with Crippen LogP contribution in [0.2, 0.25) is 0 Å². The Bertz CT molecular complexity index is 1010. The van der Waals surface area contributed by atoms with Crippen LogP contribution < -0.4 is 9.80 Å². The van der Waals surface area contributed by atoms with E-state index in [0.717, 1.165) is 24.6 Å². The van der Waals surface area contributed by atoms with Gasteiger partial charge in [-0.05, 0) is 30.3 Å². The molecule has 2 aromatic heterocycles. The number of hydrogen-bond donors (Lipinski definition) is 1. The number of aromatic hydroxyl groups is 1. The summed E-state index contributed by atoms with van der Waals surface area (Å²) in [5.41, 5.74) is 1.08. The van der Waals surface area contributed by atoms with Gasteiger partial charge in [-0.25, -0.2) is 14.6 Å². The molecule has 2 fully saturated rings. The molecule has 0 aliphatic carbocycles. The second-order valence-electron chi connectivity index (χ2n) is 7.62. The third kappa shape index (κ3) is 3.54. The molecule has 0 unspecified atom stereocenters. The van der Waals surface area contributed by atoms with E-state index in [-0.39, 0.29) is 17.6 Å². The van der Waals surface area contributed by atoms with Crippen molar-refractivity contribution in [1.29, 1.82) is 0 Å². The third-order valence-corrected chi connectivity index (χ3v) is 5.74. The van der Waals surface area contributed by atoms with Gasteiger partial charge in [0.15, 0.2) is 5.82 Å². The number of anilines is 2. The van der Waals surface area contributed by atoms with E-state index < -0.39 is 0 Å². The standard InChI is InChI=1S/C21H23N7O2/c29-18-4-2-17(3-5-18)25-8-10-26(11-9-25)21(30)16-13-27(14-16)19-12-20(23-15-22-19)28-7-1-6-24-28/h1-7,12,15-16,29H,8-11,13-14H2. The Morgan fingerprint density at radius 3 is 2.40 bits per heavy atom. The molecule has 2 aliphatic rings. The number of phenolic OH excluding ortho intramolecular Hbond substituents is 1. The molecular formula is C21H23N7O2. The van der Waals surface area contributed by atoms with Crippen molar-refractivity contribution in [2.24, 2.45) is 5.92 Å². The Morgan fingerprint density at radius 1 is 0.967 bits per heavy atom. The van der Waals surface area contributed by atoms with E-state index >= 15 is 0 Å². The highest BCUT2D eigenvalue weighted by molar-refractivity contribution is 5.82. The smallest absolute Gasteiger partial charge is 0.229 e. The van der Waals surface area contributed by atoms with Gasteiger partial charge in [-0.3, -0.25) is 4.79 Å². The van der Waals surface area contributed by atoms with E-state index in [1.807, 2.05) is 35.4 Å². The molecule has 3 aromatic rings. The summed E-state index contributed by atoms with van der Waals surface area (Å²) < 4.78 is 1.70. The molecule has 1 amide bonds. The number of piperazine rings is 1. The lowest BCUT2D eigenvalue weighted by atomic mass is 9.98. The van der Waals surface area contributed by atoms with Crippen LogP contribution in [0.4, 0.5) is 11.5 Å². The number of amides is 1. The summed E-state index contributed by atoms with van der Waals surface area (Å²) in [5, 5.41) is 13.6. The second-order valence-corrected chi connectivity index (χ2v) is 7.62. The van der Waals surface area contributed by atoms with Crippen LogP contribution in [-0.2, 0) is 4.79 Å². The molecule has 4 heterocycles. The van der Waals surface area contributed by atoms with Crippen LogP contribution in [0.5, 0.6) is 5.75 Å². The highest BCUT2D eigenvalue weighted by Crippen LogP contribution is 2.26. The van der Waals surface area contributed by atoms with Gasteiger partial charge >= 0.3 is 0 Å². The van der Waals surface area contributed by atoms with Gasteiger partial charge in [0.1, 0.15) is 17.9 Å². The number of carbonyl (C=O) groups excluding carboxylic acids is 1. The number of aromatic nitrogens is 4. The van der Waals surface area contributed by atoms with Crippen LogP contribution >= 0.6 is 0 Å². The van der Waals surface area contributed by atoms with Crippen molar-refractivity contribution >= 4 is 17.4 Å². The molecule has 0 spiro atoms. The predicted octanol–water partition coefficient (Wildman–Crippen LogP) is 1.15. The lowest BCUT2D eigenvalue weighted by molar-refractivity contribution is -0.136. The van der Waals surface area contributed by atoms with Crippen LogP contribution in [0.15, 0.2) is 55.1 Å². The minimum Gasteiger partial charge on any atom is -0.508 e. The molecule has 0 radical (unpaired) electrons. The molecule has 30 heavy (non-hydrogen) atoms. The maximum atomic E-state index is 12.9. The van der Waals surface area contributed by atoms with Gasteiger partial charge in [0.2, 0.25) is 5.91 Å². The highest BCUT2D eigenvalue weighted by Gasteiger charge is 2.37. The van der Waals surface area contributed by atoms with Gasteiger partial charge in [0.05, 0.1) is 5.92 Å². The fourth-order valence-electron chi connectivity index (χ4n) is 3.97. The Kier molecular flexibility index (Phi) is 4.70. The second kappa shape index (κ2) is 7.66. The van der Waals surface area contributed by atoms with Gasteiger partial charge < -0.3 is 19.8 Å². The third-order valence-electron chi connectivity index (χ3n) is 5.74. The minimum atomic E-state index is 0.00772. The predicted molar refractivity (Wildman–Crippen MR) is 112 cm³/mol. The zero-order valence-electron chi connectivity index (χ0n) is 16.5. The molecule has 0 bridgehead atoms. The van der Waals surface area contributed by atoms with Crippen molar-refractivity contribution in [2.45, 2.75) is 0 Å². The van der Waals surface area contributed by atoms with Crippen LogP contribution in [-0.4, -0.2) is 74.9 Å². The van der Waals surface area contributed by atoms with Gasteiger partial charge in [0, 0.05) is 63.4 Å². The summed E-state index contributed by atoms with van der Waals surface area (Å²) in [6.45, 7) is 4.37. The molecule has 9 heteroatoms. The van der Waals surface area contributed by atoms with E-state index in [0.29, 0.717) is 32.0 Å². The maximum Gasteiger partial charge on any atom is 0.229 e. The fourth-order valence-corrected chi connectivity index (χ4v) is 3.97. The minimum absolute atomic E-state index is 0.00772. The van der Waals surface area contributed by atoms with Crippen molar-refractivity contribution in [3.8, 4) is 11.6 Å². The van der Waals surface area contributed by atoms with Crippen LogP contribution in [0.1, 0.15) is 0 Å². The summed E-state index contributed by atoms with van der Waals surface area (Å²) in [6.07, 6.45) is 5.08. The number of benzene rings is 1. The molecule has 154 valence electrons. The number of hydrogen-bond acceptors (Lipinski definition) is 7. The van der Waals surface area contributed by atoms with Gasteiger partial charge in [-0.1, -0.05) is 0 Å². The molecule has 2 aliphatic heterocycles. The molecule has 0 saturated carbocycles. The Labute approximate surface area is 174 Å². The van der Waals surface area contributed by atoms with Gasteiger partial charge in [0.25, 0.3) is 0 Å². The van der Waals surface area contributed by atoms with Crippen LogP contribution in [0, 0.1) is 5.92 Å². The summed E-state index contributed by atoms with van der Waals surface area (Å²) in [4.78, 5) is 27.8. The van der Waals surface area contributed by atoms with E-state index in [1.165, 1.54) is 6.33 Å². The topological polar surface area (TPSA) is 90.6 Å². The molecular weight excluding hydrogens is 382 g/mol. The maximum absolute atomic E-state index is 12.9. The monoisotopic (exact) mass is 405 g/mol. The number of carbonyl (C=O) groups is 1. The molecule has 0 atom stereocenters. The Balaban J connectivity index is 1.15. The van der Waals surface area contributed by atoms with Crippen LogP contribution in [0.3, 0.4) is 0 Å². The normalized spacial score (nSPS) is 17.1. The summed E-state index contributed by atoms with van der Waals surface area (Å²) >= 11 is 0. The quantitative estimate of drug-likeness (QED) is 0.696. The first kappa shape index (κ1) is 18.4. The van der Waals surface area contributed by atoms with Crippen molar-refractivity contribution in [3.05, 3.63) is 55.1 Å². The van der Waals surface area contributed by atoms with E-state index in [2.05, 4.69) is 24.9 Å². The van der Waals surface area contributed by atoms with Crippen molar-refractivity contribution < 1.29 is 9.90 Å². The van der Waals surface area contributed by atoms with Crippen molar-refractivity contribution in [1.82, 2.24) is 24.6 Å². The summed E-state index contributed by atoms with van der Waals surface area (Å²) in [5.74, 6) is 2.02. The average Bonchev–Trinajstić information content (AvgIpc) is 3.29. The first-order chi connectivity index (χ1) is 14.7. The fraction of sp³-hybridized carbons (Fsp3) is 0.333. The Morgan fingerprint density at radius 2 is 1.70 bits per heavy atom. The SMILES string of the molecule is O=C(C1CN(c2cc(-n3cccn3)ncn2)C1)N1CCN(c2ccc(O)cc2)CC1. The summed E-state index contributed by atoms with van der Waals surface area (Å²) in [6, 6.07) is 11.0. The molecule has 2 saturated heterocycles. The van der Waals surface area contributed by atoms with Gasteiger partial charge in [-0.2, -0.15) is 5.10 Å². The van der Waals surface area contributed by atoms with E-state index in [9.17, 15) is 9.90 Å². The largest absolute Gasteiger partial charge is 0.508 e. The highest BCUT2D eigenvalue weighted by atomic mass is 16.3. The number of nitrogens with zero attached hydrogens (tertiary/aromatic N) is 7.